The van der Waals surface area contributed by atoms with Gasteiger partial charge in [0, 0.05) is 6.42 Å². The van der Waals surface area contributed by atoms with Crippen LogP contribution in [0.1, 0.15) is 27.0 Å². The molecule has 0 aliphatic heterocycles. The number of aryl methyl sites for hydroxylation is 2. The number of nitrogens with one attached hydrogen (secondary N) is 1. The third kappa shape index (κ3) is 3.77. The van der Waals surface area contributed by atoms with Gasteiger partial charge < -0.3 is 11.1 Å². The zero-order valence-corrected chi connectivity index (χ0v) is 17.1. The first-order valence-electron chi connectivity index (χ1n) is 10.0. The minimum absolute atomic E-state index is 0.296. The van der Waals surface area contributed by atoms with Crippen molar-refractivity contribution in [1.82, 2.24) is 5.32 Å². The largest absolute Gasteiger partial charge is 0.368 e. The number of hydrogen-bond acceptors (Lipinski definition) is 2. The second-order valence-corrected chi connectivity index (χ2v) is 7.74. The summed E-state index contributed by atoms with van der Waals surface area (Å²) >= 11 is 0. The van der Waals surface area contributed by atoms with Gasteiger partial charge in [0.1, 0.15) is 6.04 Å². The predicted molar refractivity (Wildman–Crippen MR) is 122 cm³/mol. The Hall–Kier alpha value is -3.66. The topological polar surface area (TPSA) is 72.2 Å². The summed E-state index contributed by atoms with van der Waals surface area (Å²) in [6, 6.07) is 22.8. The third-order valence-electron chi connectivity index (χ3n) is 5.66. The molecule has 30 heavy (non-hydrogen) atoms. The molecule has 0 saturated carbocycles. The Morgan fingerprint density at radius 3 is 2.00 bits per heavy atom. The SMILES string of the molecule is Cc1ccc(C[C@@H](NC(=O)c2c3ccccc3cc3ccccc23)C(N)=O)cc1C. The minimum atomic E-state index is -0.794. The number of rotatable bonds is 5. The summed E-state index contributed by atoms with van der Waals surface area (Å²) in [5, 5.41) is 6.54. The van der Waals surface area contributed by atoms with Crippen LogP contribution >= 0.6 is 0 Å². The molecule has 0 aliphatic carbocycles. The quantitative estimate of drug-likeness (QED) is 0.490. The second kappa shape index (κ2) is 7.99. The smallest absolute Gasteiger partial charge is 0.253 e. The first-order chi connectivity index (χ1) is 14.4. The third-order valence-corrected chi connectivity index (χ3v) is 5.66. The van der Waals surface area contributed by atoms with E-state index < -0.39 is 11.9 Å². The van der Waals surface area contributed by atoms with Crippen LogP contribution in [0.4, 0.5) is 0 Å². The van der Waals surface area contributed by atoms with Crippen LogP contribution in [0.25, 0.3) is 21.5 Å². The van der Waals surface area contributed by atoms with E-state index in [2.05, 4.69) is 11.4 Å². The summed E-state index contributed by atoms with van der Waals surface area (Å²) in [5.41, 5.74) is 9.50. The van der Waals surface area contributed by atoms with Gasteiger partial charge in [-0.1, -0.05) is 66.7 Å². The first-order valence-corrected chi connectivity index (χ1v) is 10.0. The van der Waals surface area contributed by atoms with Crippen LogP contribution in [0.5, 0.6) is 0 Å². The molecule has 0 spiro atoms. The number of carbonyl (C=O) groups excluding carboxylic acids is 2. The fraction of sp³-hybridized carbons (Fsp3) is 0.154. The van der Waals surface area contributed by atoms with Gasteiger partial charge in [-0.15, -0.1) is 0 Å². The van der Waals surface area contributed by atoms with E-state index in [0.717, 1.165) is 32.7 Å². The molecule has 4 rings (SSSR count). The van der Waals surface area contributed by atoms with Crippen LogP contribution in [0.2, 0.25) is 0 Å². The van der Waals surface area contributed by atoms with E-state index in [9.17, 15) is 9.59 Å². The first kappa shape index (κ1) is 19.6. The average Bonchev–Trinajstić information content (AvgIpc) is 2.73. The molecular weight excluding hydrogens is 372 g/mol. The van der Waals surface area contributed by atoms with Crippen molar-refractivity contribution in [2.24, 2.45) is 5.73 Å². The molecule has 3 N–H and O–H groups in total. The van der Waals surface area contributed by atoms with E-state index in [-0.39, 0.29) is 5.91 Å². The van der Waals surface area contributed by atoms with Gasteiger partial charge in [0.25, 0.3) is 5.91 Å². The lowest BCUT2D eigenvalue weighted by Gasteiger charge is -2.18. The normalized spacial score (nSPS) is 12.1. The molecule has 4 aromatic carbocycles. The van der Waals surface area contributed by atoms with Crippen molar-refractivity contribution in [3.63, 3.8) is 0 Å². The van der Waals surface area contributed by atoms with Crippen LogP contribution in [0.3, 0.4) is 0 Å². The van der Waals surface area contributed by atoms with Gasteiger partial charge >= 0.3 is 0 Å². The lowest BCUT2D eigenvalue weighted by Crippen LogP contribution is -2.46. The van der Waals surface area contributed by atoms with Gasteiger partial charge in [0.15, 0.2) is 0 Å². The molecule has 1 atom stereocenters. The number of fused-ring (bicyclic) bond motifs is 2. The Morgan fingerprint density at radius 2 is 1.43 bits per heavy atom. The highest BCUT2D eigenvalue weighted by Gasteiger charge is 2.22. The van der Waals surface area contributed by atoms with Gasteiger partial charge in [-0.2, -0.15) is 0 Å². The molecule has 0 unspecified atom stereocenters. The molecule has 4 nitrogen and oxygen atoms in total. The van der Waals surface area contributed by atoms with Crippen molar-refractivity contribution in [2.75, 3.05) is 0 Å². The molecule has 0 aliphatic rings. The highest BCUT2D eigenvalue weighted by atomic mass is 16.2. The lowest BCUT2D eigenvalue weighted by molar-refractivity contribution is -0.119. The fourth-order valence-electron chi connectivity index (χ4n) is 3.88. The summed E-state index contributed by atoms with van der Waals surface area (Å²) in [7, 11) is 0. The maximum Gasteiger partial charge on any atom is 0.253 e. The van der Waals surface area contributed by atoms with Crippen molar-refractivity contribution in [3.8, 4) is 0 Å². The molecule has 0 aromatic heterocycles. The Bertz CT molecular complexity index is 1220. The van der Waals surface area contributed by atoms with Crippen molar-refractivity contribution in [1.29, 1.82) is 0 Å². The van der Waals surface area contributed by atoms with Gasteiger partial charge in [-0.25, -0.2) is 0 Å². The number of amides is 2. The number of benzene rings is 4. The summed E-state index contributed by atoms with van der Waals surface area (Å²) in [6.45, 7) is 4.07. The number of hydrogen-bond donors (Lipinski definition) is 2. The zero-order valence-electron chi connectivity index (χ0n) is 17.1. The van der Waals surface area contributed by atoms with Crippen LogP contribution in [-0.2, 0) is 11.2 Å². The molecular formula is C26H24N2O2. The van der Waals surface area contributed by atoms with Crippen LogP contribution in [0.15, 0.2) is 72.8 Å². The summed E-state index contributed by atoms with van der Waals surface area (Å²) < 4.78 is 0. The molecule has 150 valence electrons. The number of primary amides is 1. The zero-order chi connectivity index (χ0) is 21.3. The Balaban J connectivity index is 1.73. The number of carbonyl (C=O) groups is 2. The highest BCUT2D eigenvalue weighted by molar-refractivity contribution is 6.18. The summed E-state index contributed by atoms with van der Waals surface area (Å²) in [5.74, 6) is -0.846. The van der Waals surface area contributed by atoms with E-state index in [0.29, 0.717) is 12.0 Å². The average molecular weight is 396 g/mol. The van der Waals surface area contributed by atoms with E-state index in [4.69, 9.17) is 5.73 Å². The van der Waals surface area contributed by atoms with Crippen LogP contribution in [-0.4, -0.2) is 17.9 Å². The Labute approximate surface area is 175 Å². The molecule has 0 radical (unpaired) electrons. The highest BCUT2D eigenvalue weighted by Crippen LogP contribution is 2.28. The molecule has 0 saturated heterocycles. The van der Waals surface area contributed by atoms with E-state index in [1.165, 1.54) is 5.56 Å². The summed E-state index contributed by atoms with van der Waals surface area (Å²) in [4.78, 5) is 25.5. The van der Waals surface area contributed by atoms with Gasteiger partial charge in [-0.05, 0) is 58.1 Å². The van der Waals surface area contributed by atoms with Crippen molar-refractivity contribution >= 4 is 33.4 Å². The minimum Gasteiger partial charge on any atom is -0.368 e. The van der Waals surface area contributed by atoms with E-state index in [1.807, 2.05) is 80.6 Å². The molecule has 4 heteroatoms. The van der Waals surface area contributed by atoms with E-state index in [1.54, 1.807) is 0 Å². The van der Waals surface area contributed by atoms with Crippen molar-refractivity contribution in [2.45, 2.75) is 26.3 Å². The standard InChI is InChI=1S/C26H24N2O2/c1-16-11-12-18(13-17(16)2)14-23(25(27)29)28-26(30)24-21-9-5-3-7-19(21)15-20-8-4-6-10-22(20)24/h3-13,15,23H,14H2,1-2H3,(H2,27,29)(H,28,30)/t23-/m1/s1. The number of nitrogens with two attached hydrogens (primary N) is 1. The maximum absolute atomic E-state index is 13.4. The van der Waals surface area contributed by atoms with Crippen molar-refractivity contribution < 1.29 is 9.59 Å². The molecule has 2 amide bonds. The molecule has 0 heterocycles. The molecule has 0 bridgehead atoms. The molecule has 4 aromatic rings. The Morgan fingerprint density at radius 1 is 0.833 bits per heavy atom. The van der Waals surface area contributed by atoms with Crippen LogP contribution < -0.4 is 11.1 Å². The fourth-order valence-corrected chi connectivity index (χ4v) is 3.88. The van der Waals surface area contributed by atoms with Gasteiger partial charge in [0.05, 0.1) is 5.56 Å². The lowest BCUT2D eigenvalue weighted by atomic mass is 9.95. The summed E-state index contributed by atoms with van der Waals surface area (Å²) in [6.07, 6.45) is 0.352. The maximum atomic E-state index is 13.4. The van der Waals surface area contributed by atoms with E-state index >= 15 is 0 Å². The van der Waals surface area contributed by atoms with Gasteiger partial charge in [-0.3, -0.25) is 9.59 Å². The Kier molecular flexibility index (Phi) is 5.23. The monoisotopic (exact) mass is 396 g/mol. The van der Waals surface area contributed by atoms with Gasteiger partial charge in [0.2, 0.25) is 5.91 Å². The van der Waals surface area contributed by atoms with Crippen LogP contribution in [0, 0.1) is 13.8 Å². The molecule has 0 fully saturated rings. The second-order valence-electron chi connectivity index (χ2n) is 7.74. The van der Waals surface area contributed by atoms with Crippen molar-refractivity contribution in [3.05, 3.63) is 95.1 Å². The predicted octanol–water partition coefficient (Wildman–Crippen LogP) is 4.44.